The van der Waals surface area contributed by atoms with Crippen LogP contribution >= 0.6 is 11.3 Å². The van der Waals surface area contributed by atoms with Crippen molar-refractivity contribution >= 4 is 28.1 Å². The maximum atomic E-state index is 12.9. The molecule has 0 atom stereocenters. The summed E-state index contributed by atoms with van der Waals surface area (Å²) in [6.07, 6.45) is -2.77. The van der Waals surface area contributed by atoms with Gasteiger partial charge in [0.05, 0.1) is 16.6 Å². The number of tetrazole rings is 1. The summed E-state index contributed by atoms with van der Waals surface area (Å²) >= 11 is 1.35. The fourth-order valence-electron chi connectivity index (χ4n) is 3.08. The first kappa shape index (κ1) is 20.1. The molecule has 13 heteroatoms. The Morgan fingerprint density at radius 3 is 2.60 bits per heavy atom. The van der Waals surface area contributed by atoms with Gasteiger partial charge in [-0.15, -0.1) is 10.2 Å². The van der Waals surface area contributed by atoms with Gasteiger partial charge in [-0.25, -0.2) is 4.98 Å². The van der Waals surface area contributed by atoms with Crippen molar-refractivity contribution in [2.75, 3.05) is 36.0 Å². The average Bonchev–Trinajstić information content (AvgIpc) is 3.37. The molecule has 3 heterocycles. The third kappa shape index (κ3) is 4.35. The second-order valence-electron chi connectivity index (χ2n) is 6.57. The number of aromatic nitrogens is 5. The fourth-order valence-corrected chi connectivity index (χ4v) is 3.97. The molecule has 0 amide bonds. The number of nitrogens with zero attached hydrogens (tertiary/aromatic N) is 7. The summed E-state index contributed by atoms with van der Waals surface area (Å²) in [7, 11) is 0. The molecule has 0 saturated carbocycles. The molecule has 158 valence electrons. The number of thiazole rings is 1. The van der Waals surface area contributed by atoms with Crippen molar-refractivity contribution in [3.63, 3.8) is 0 Å². The maximum absolute atomic E-state index is 12.9. The zero-order chi connectivity index (χ0) is 21.3. The average molecular weight is 439 g/mol. The number of rotatable bonds is 5. The lowest BCUT2D eigenvalue weighted by atomic mass is 10.1. The third-order valence-corrected chi connectivity index (χ3v) is 5.59. The van der Waals surface area contributed by atoms with Gasteiger partial charge in [-0.05, 0) is 23.4 Å². The number of aliphatic carboxylic acids is 1. The monoisotopic (exact) mass is 439 g/mol. The van der Waals surface area contributed by atoms with Crippen molar-refractivity contribution in [2.45, 2.75) is 12.7 Å². The van der Waals surface area contributed by atoms with E-state index in [0.717, 1.165) is 16.0 Å². The lowest BCUT2D eigenvalue weighted by Gasteiger charge is -2.36. The molecule has 0 bridgehead atoms. The van der Waals surface area contributed by atoms with E-state index in [0.29, 0.717) is 42.6 Å². The Hall–Kier alpha value is -3.22. The second kappa shape index (κ2) is 7.89. The number of hydrogen-bond donors (Lipinski definition) is 1. The molecule has 0 aliphatic carbocycles. The molecule has 1 aliphatic rings. The van der Waals surface area contributed by atoms with Gasteiger partial charge in [0.1, 0.15) is 0 Å². The highest BCUT2D eigenvalue weighted by molar-refractivity contribution is 7.18. The summed E-state index contributed by atoms with van der Waals surface area (Å²) in [5.74, 6) is -0.773. The zero-order valence-electron chi connectivity index (χ0n) is 15.5. The Balaban J connectivity index is 1.40. The molecule has 1 fully saturated rings. The number of piperazine rings is 1. The quantitative estimate of drug-likeness (QED) is 0.646. The van der Waals surface area contributed by atoms with E-state index in [1.165, 1.54) is 23.5 Å². The molecule has 30 heavy (non-hydrogen) atoms. The van der Waals surface area contributed by atoms with Gasteiger partial charge in [-0.3, -0.25) is 4.79 Å². The van der Waals surface area contributed by atoms with Crippen LogP contribution in [0.25, 0.3) is 10.7 Å². The Morgan fingerprint density at radius 1 is 1.17 bits per heavy atom. The minimum absolute atomic E-state index is 0.294. The van der Waals surface area contributed by atoms with Gasteiger partial charge in [-0.1, -0.05) is 17.4 Å². The molecule has 1 aromatic carbocycles. The number of alkyl halides is 3. The number of halogens is 3. The van der Waals surface area contributed by atoms with E-state index >= 15 is 0 Å². The van der Waals surface area contributed by atoms with Gasteiger partial charge >= 0.3 is 12.1 Å². The summed E-state index contributed by atoms with van der Waals surface area (Å²) in [5.41, 5.74) is -0.112. The summed E-state index contributed by atoms with van der Waals surface area (Å²) in [5, 5.41) is 21.1. The van der Waals surface area contributed by atoms with Crippen LogP contribution in [0.1, 0.15) is 5.56 Å². The molecule has 4 rings (SSSR count). The molecular formula is C17H16F3N7O2S. The molecule has 1 aliphatic heterocycles. The van der Waals surface area contributed by atoms with Crippen molar-refractivity contribution in [1.29, 1.82) is 0 Å². The van der Waals surface area contributed by atoms with Gasteiger partial charge in [0.2, 0.25) is 5.82 Å². The van der Waals surface area contributed by atoms with Crippen LogP contribution < -0.4 is 9.80 Å². The Bertz CT molecular complexity index is 1040. The second-order valence-corrected chi connectivity index (χ2v) is 7.58. The van der Waals surface area contributed by atoms with E-state index in [9.17, 15) is 18.0 Å². The first-order valence-electron chi connectivity index (χ1n) is 8.92. The Labute approximate surface area is 172 Å². The summed E-state index contributed by atoms with van der Waals surface area (Å²) in [6, 6.07) is 5.33. The third-order valence-electron chi connectivity index (χ3n) is 4.53. The van der Waals surface area contributed by atoms with E-state index in [1.54, 1.807) is 12.3 Å². The Kier molecular flexibility index (Phi) is 5.28. The van der Waals surface area contributed by atoms with Crippen molar-refractivity contribution in [2.24, 2.45) is 0 Å². The first-order valence-corrected chi connectivity index (χ1v) is 9.74. The normalized spacial score (nSPS) is 14.9. The maximum Gasteiger partial charge on any atom is 0.416 e. The zero-order valence-corrected chi connectivity index (χ0v) is 16.3. The molecule has 1 saturated heterocycles. The van der Waals surface area contributed by atoms with Crippen molar-refractivity contribution in [3.05, 3.63) is 36.0 Å². The molecule has 3 aromatic rings. The molecule has 0 radical (unpaired) electrons. The van der Waals surface area contributed by atoms with Crippen LogP contribution in [0.2, 0.25) is 0 Å². The molecule has 9 nitrogen and oxygen atoms in total. The SMILES string of the molecule is O=C(O)Cn1nnc(-c2cnc(N3CCN(c4cccc(C(F)(F)F)c4)CC3)s2)n1. The van der Waals surface area contributed by atoms with E-state index < -0.39 is 17.7 Å². The van der Waals surface area contributed by atoms with Crippen LogP contribution in [0.15, 0.2) is 30.5 Å². The van der Waals surface area contributed by atoms with Crippen molar-refractivity contribution < 1.29 is 23.1 Å². The fraction of sp³-hybridized carbons (Fsp3) is 0.353. The van der Waals surface area contributed by atoms with E-state index in [2.05, 4.69) is 20.4 Å². The van der Waals surface area contributed by atoms with Gasteiger partial charge in [0.25, 0.3) is 0 Å². The number of hydrogen-bond acceptors (Lipinski definition) is 8. The summed E-state index contributed by atoms with van der Waals surface area (Å²) < 4.78 is 38.8. The smallest absolute Gasteiger partial charge is 0.416 e. The van der Waals surface area contributed by atoms with Gasteiger partial charge in [0.15, 0.2) is 11.7 Å². The molecule has 2 aromatic heterocycles. The summed E-state index contributed by atoms with van der Waals surface area (Å²) in [4.78, 5) is 20.7. The predicted octanol–water partition coefficient (Wildman–Crippen LogP) is 2.23. The minimum atomic E-state index is -4.37. The lowest BCUT2D eigenvalue weighted by molar-refractivity contribution is -0.138. The van der Waals surface area contributed by atoms with Gasteiger partial charge in [-0.2, -0.15) is 18.0 Å². The molecule has 0 spiro atoms. The predicted molar refractivity (Wildman–Crippen MR) is 102 cm³/mol. The standard InChI is InChI=1S/C17H16F3N7O2S/c18-17(19,20)11-2-1-3-12(8-11)25-4-6-26(7-5-25)16-21-9-13(30-16)15-22-24-27(23-15)10-14(28)29/h1-3,8-9H,4-7,10H2,(H,28,29). The van der Waals surface area contributed by atoms with E-state index in [1.807, 2.05) is 9.80 Å². The van der Waals surface area contributed by atoms with E-state index in [4.69, 9.17) is 5.11 Å². The number of benzene rings is 1. The largest absolute Gasteiger partial charge is 0.480 e. The van der Waals surface area contributed by atoms with Gasteiger partial charge in [0, 0.05) is 31.9 Å². The molecule has 0 unspecified atom stereocenters. The van der Waals surface area contributed by atoms with Crippen LogP contribution in [-0.2, 0) is 17.5 Å². The highest BCUT2D eigenvalue weighted by Gasteiger charge is 2.31. The van der Waals surface area contributed by atoms with Crippen LogP contribution in [-0.4, -0.2) is 62.4 Å². The van der Waals surface area contributed by atoms with Crippen LogP contribution in [0.3, 0.4) is 0 Å². The topological polar surface area (TPSA) is 100 Å². The lowest BCUT2D eigenvalue weighted by Crippen LogP contribution is -2.46. The van der Waals surface area contributed by atoms with Crippen LogP contribution in [0, 0.1) is 0 Å². The van der Waals surface area contributed by atoms with Gasteiger partial charge < -0.3 is 14.9 Å². The minimum Gasteiger partial charge on any atom is -0.480 e. The number of carboxylic acids is 1. The number of carbonyl (C=O) groups is 1. The van der Waals surface area contributed by atoms with E-state index in [-0.39, 0.29) is 6.54 Å². The van der Waals surface area contributed by atoms with Crippen molar-refractivity contribution in [3.8, 4) is 10.7 Å². The Morgan fingerprint density at radius 2 is 1.90 bits per heavy atom. The highest BCUT2D eigenvalue weighted by atomic mass is 32.1. The van der Waals surface area contributed by atoms with Crippen molar-refractivity contribution in [1.82, 2.24) is 25.2 Å². The van der Waals surface area contributed by atoms with Crippen LogP contribution in [0.5, 0.6) is 0 Å². The first-order chi connectivity index (χ1) is 14.3. The number of anilines is 2. The summed E-state index contributed by atoms with van der Waals surface area (Å²) in [6.45, 7) is 1.94. The molecule has 1 N–H and O–H groups in total. The number of carboxylic acid groups (broad SMARTS) is 1. The highest BCUT2D eigenvalue weighted by Crippen LogP contribution is 2.33. The molecular weight excluding hydrogens is 423 g/mol. The van der Waals surface area contributed by atoms with Crippen LogP contribution in [0.4, 0.5) is 24.0 Å².